The van der Waals surface area contributed by atoms with Crippen molar-refractivity contribution in [2.24, 2.45) is 0 Å². The van der Waals surface area contributed by atoms with E-state index in [2.05, 4.69) is 4.90 Å². The van der Waals surface area contributed by atoms with Crippen LogP contribution in [-0.2, 0) is 11.3 Å². The van der Waals surface area contributed by atoms with Crippen molar-refractivity contribution < 1.29 is 9.84 Å². The van der Waals surface area contributed by atoms with E-state index < -0.39 is 0 Å². The molecular weight excluding hydrogens is 246 g/mol. The summed E-state index contributed by atoms with van der Waals surface area (Å²) in [5, 5.41) is 9.91. The quantitative estimate of drug-likeness (QED) is 0.849. The van der Waals surface area contributed by atoms with Gasteiger partial charge in [0.15, 0.2) is 0 Å². The highest BCUT2D eigenvalue weighted by atomic mass is 32.2. The summed E-state index contributed by atoms with van der Waals surface area (Å²) >= 11 is 1.99. The van der Waals surface area contributed by atoms with Gasteiger partial charge in [-0.1, -0.05) is 30.3 Å². The normalized spacial score (nSPS) is 18.7. The molecule has 1 fully saturated rings. The first-order chi connectivity index (χ1) is 8.84. The Hall–Kier alpha value is -0.550. The second kappa shape index (κ2) is 7.79. The molecule has 4 heteroatoms. The number of benzene rings is 1. The summed E-state index contributed by atoms with van der Waals surface area (Å²) in [5.74, 6) is 2.36. The molecule has 1 unspecified atom stereocenters. The molecular formula is C14H21NO2S. The standard InChI is InChI=1S/C14H21NO2S/c16-14(10-15-6-8-18-9-7-15)12-17-11-13-4-2-1-3-5-13/h1-5,14,16H,6-12H2. The van der Waals surface area contributed by atoms with Crippen LogP contribution < -0.4 is 0 Å². The van der Waals surface area contributed by atoms with Crippen LogP contribution in [0, 0.1) is 0 Å². The van der Waals surface area contributed by atoms with E-state index in [0.717, 1.165) is 25.2 Å². The maximum Gasteiger partial charge on any atom is 0.0900 e. The number of thioether (sulfide) groups is 1. The number of ether oxygens (including phenoxy) is 1. The maximum atomic E-state index is 9.91. The molecule has 0 saturated carbocycles. The third kappa shape index (κ3) is 4.98. The summed E-state index contributed by atoms with van der Waals surface area (Å²) in [6.45, 7) is 3.89. The Balaban J connectivity index is 1.61. The molecule has 0 spiro atoms. The van der Waals surface area contributed by atoms with E-state index in [1.807, 2.05) is 42.1 Å². The molecule has 0 aliphatic carbocycles. The number of aliphatic hydroxyl groups excluding tert-OH is 1. The second-order valence-corrected chi connectivity index (χ2v) is 5.79. The summed E-state index contributed by atoms with van der Waals surface area (Å²) in [6.07, 6.45) is -0.378. The Morgan fingerprint density at radius 2 is 1.94 bits per heavy atom. The Morgan fingerprint density at radius 1 is 1.22 bits per heavy atom. The highest BCUT2D eigenvalue weighted by Gasteiger charge is 2.14. The summed E-state index contributed by atoms with van der Waals surface area (Å²) in [5.41, 5.74) is 1.15. The predicted octanol–water partition coefficient (Wildman–Crippen LogP) is 1.61. The number of hydrogen-bond acceptors (Lipinski definition) is 4. The fraction of sp³-hybridized carbons (Fsp3) is 0.571. The maximum absolute atomic E-state index is 9.91. The molecule has 1 atom stereocenters. The number of β-amino-alcohol motifs (C(OH)–C–C–N with tert-alkyl or cyclic N) is 1. The van der Waals surface area contributed by atoms with Gasteiger partial charge in [-0.2, -0.15) is 11.8 Å². The third-order valence-electron chi connectivity index (χ3n) is 2.99. The molecule has 1 aromatic rings. The van der Waals surface area contributed by atoms with Gasteiger partial charge < -0.3 is 9.84 Å². The topological polar surface area (TPSA) is 32.7 Å². The van der Waals surface area contributed by atoms with Gasteiger partial charge >= 0.3 is 0 Å². The SMILES string of the molecule is OC(COCc1ccccc1)CN1CCSCC1. The van der Waals surface area contributed by atoms with Crippen molar-refractivity contribution in [3.05, 3.63) is 35.9 Å². The first kappa shape index (κ1) is 13.9. The lowest BCUT2D eigenvalue weighted by Gasteiger charge is -2.28. The minimum atomic E-state index is -0.378. The highest BCUT2D eigenvalue weighted by molar-refractivity contribution is 7.99. The van der Waals surface area contributed by atoms with Crippen LogP contribution in [0.15, 0.2) is 30.3 Å². The number of rotatable bonds is 6. The molecule has 3 nitrogen and oxygen atoms in total. The van der Waals surface area contributed by atoms with Crippen molar-refractivity contribution in [1.82, 2.24) is 4.90 Å². The molecule has 100 valence electrons. The monoisotopic (exact) mass is 267 g/mol. The van der Waals surface area contributed by atoms with Crippen molar-refractivity contribution in [2.75, 3.05) is 37.7 Å². The van der Waals surface area contributed by atoms with Gasteiger partial charge in [0.1, 0.15) is 0 Å². The van der Waals surface area contributed by atoms with Gasteiger partial charge in [-0.05, 0) is 5.56 Å². The molecule has 1 aliphatic rings. The molecule has 1 heterocycles. The first-order valence-corrected chi connectivity index (χ1v) is 7.60. The Bertz CT molecular complexity index is 328. The minimum absolute atomic E-state index is 0.378. The molecule has 1 N–H and O–H groups in total. The molecule has 0 amide bonds. The van der Waals surface area contributed by atoms with E-state index in [1.54, 1.807) is 0 Å². The summed E-state index contributed by atoms with van der Waals surface area (Å²) in [6, 6.07) is 10.1. The smallest absolute Gasteiger partial charge is 0.0900 e. The Labute approximate surface area is 113 Å². The molecule has 0 bridgehead atoms. The molecule has 0 aromatic heterocycles. The minimum Gasteiger partial charge on any atom is -0.389 e. The van der Waals surface area contributed by atoms with Gasteiger partial charge in [0.25, 0.3) is 0 Å². The highest BCUT2D eigenvalue weighted by Crippen LogP contribution is 2.09. The number of aliphatic hydroxyl groups is 1. The van der Waals surface area contributed by atoms with Crippen molar-refractivity contribution >= 4 is 11.8 Å². The van der Waals surface area contributed by atoms with Crippen LogP contribution in [0.3, 0.4) is 0 Å². The van der Waals surface area contributed by atoms with Gasteiger partial charge in [-0.25, -0.2) is 0 Å². The van der Waals surface area contributed by atoms with Gasteiger partial charge in [-0.3, -0.25) is 4.90 Å². The van der Waals surface area contributed by atoms with Crippen LogP contribution in [0.2, 0.25) is 0 Å². The van der Waals surface area contributed by atoms with Crippen molar-refractivity contribution in [2.45, 2.75) is 12.7 Å². The lowest BCUT2D eigenvalue weighted by atomic mass is 10.2. The Morgan fingerprint density at radius 3 is 2.67 bits per heavy atom. The largest absolute Gasteiger partial charge is 0.389 e. The molecule has 18 heavy (non-hydrogen) atoms. The van der Waals surface area contributed by atoms with E-state index in [4.69, 9.17) is 4.74 Å². The lowest BCUT2D eigenvalue weighted by Crippen LogP contribution is -2.39. The van der Waals surface area contributed by atoms with Crippen molar-refractivity contribution in [3.63, 3.8) is 0 Å². The van der Waals surface area contributed by atoms with E-state index in [-0.39, 0.29) is 6.10 Å². The van der Waals surface area contributed by atoms with E-state index in [9.17, 15) is 5.11 Å². The van der Waals surface area contributed by atoms with Gasteiger partial charge in [0.2, 0.25) is 0 Å². The average molecular weight is 267 g/mol. The third-order valence-corrected chi connectivity index (χ3v) is 3.94. The number of nitrogens with zero attached hydrogens (tertiary/aromatic N) is 1. The van der Waals surface area contributed by atoms with Crippen LogP contribution in [0.25, 0.3) is 0 Å². The van der Waals surface area contributed by atoms with Crippen LogP contribution in [0.5, 0.6) is 0 Å². The van der Waals surface area contributed by atoms with E-state index in [1.165, 1.54) is 11.5 Å². The zero-order chi connectivity index (χ0) is 12.6. The summed E-state index contributed by atoms with van der Waals surface area (Å²) in [4.78, 5) is 2.31. The lowest BCUT2D eigenvalue weighted by molar-refractivity contribution is 0.0114. The molecule has 1 saturated heterocycles. The van der Waals surface area contributed by atoms with Crippen LogP contribution in [0.1, 0.15) is 5.56 Å². The van der Waals surface area contributed by atoms with Gasteiger partial charge in [-0.15, -0.1) is 0 Å². The molecule has 1 aromatic carbocycles. The first-order valence-electron chi connectivity index (χ1n) is 6.44. The van der Waals surface area contributed by atoms with Gasteiger partial charge in [0, 0.05) is 31.1 Å². The van der Waals surface area contributed by atoms with E-state index >= 15 is 0 Å². The zero-order valence-electron chi connectivity index (χ0n) is 10.6. The average Bonchev–Trinajstić information content (AvgIpc) is 2.41. The zero-order valence-corrected chi connectivity index (χ0v) is 11.4. The van der Waals surface area contributed by atoms with E-state index in [0.29, 0.717) is 13.2 Å². The van der Waals surface area contributed by atoms with Crippen LogP contribution >= 0.6 is 11.8 Å². The predicted molar refractivity (Wildman–Crippen MR) is 75.9 cm³/mol. The molecule has 2 rings (SSSR count). The molecule has 0 radical (unpaired) electrons. The van der Waals surface area contributed by atoms with Gasteiger partial charge in [0.05, 0.1) is 19.3 Å². The Kier molecular flexibility index (Phi) is 6.00. The van der Waals surface area contributed by atoms with Crippen molar-refractivity contribution in [3.8, 4) is 0 Å². The molecule has 1 aliphatic heterocycles. The number of hydrogen-bond donors (Lipinski definition) is 1. The fourth-order valence-electron chi connectivity index (χ4n) is 2.02. The summed E-state index contributed by atoms with van der Waals surface area (Å²) in [7, 11) is 0. The van der Waals surface area contributed by atoms with Crippen molar-refractivity contribution in [1.29, 1.82) is 0 Å². The second-order valence-electron chi connectivity index (χ2n) is 4.57. The van der Waals surface area contributed by atoms with Crippen LogP contribution in [0.4, 0.5) is 0 Å². The fourth-order valence-corrected chi connectivity index (χ4v) is 3.00. The van der Waals surface area contributed by atoms with Crippen LogP contribution in [-0.4, -0.2) is 53.9 Å². The summed E-state index contributed by atoms with van der Waals surface area (Å²) < 4.78 is 5.54.